The zero-order chi connectivity index (χ0) is 30.1. The molecule has 2 aromatic carbocycles. The Morgan fingerprint density at radius 1 is 1.07 bits per heavy atom. The van der Waals surface area contributed by atoms with Crippen molar-refractivity contribution in [1.82, 2.24) is 25.2 Å². The summed E-state index contributed by atoms with van der Waals surface area (Å²) in [6, 6.07) is 11.6. The summed E-state index contributed by atoms with van der Waals surface area (Å²) >= 11 is 0.934. The van der Waals surface area contributed by atoms with Crippen LogP contribution in [0.25, 0.3) is 10.6 Å². The molecule has 9 nitrogen and oxygen atoms in total. The van der Waals surface area contributed by atoms with Crippen LogP contribution in [0.1, 0.15) is 33.8 Å². The second-order valence-corrected chi connectivity index (χ2v) is 13.3. The van der Waals surface area contributed by atoms with Gasteiger partial charge in [0, 0.05) is 31.2 Å². The summed E-state index contributed by atoms with van der Waals surface area (Å²) in [6.45, 7) is 2.78. The van der Waals surface area contributed by atoms with E-state index in [0.29, 0.717) is 12.2 Å². The van der Waals surface area contributed by atoms with E-state index in [9.17, 15) is 31.2 Å². The van der Waals surface area contributed by atoms with Gasteiger partial charge in [-0.15, -0.1) is 11.3 Å². The lowest BCUT2D eigenvalue weighted by molar-refractivity contribution is -0.137. The average molecular weight is 622 g/mol. The van der Waals surface area contributed by atoms with Gasteiger partial charge in [-0.3, -0.25) is 9.59 Å². The molecular formula is C28H30F3N5O4S2. The molecule has 5 rings (SSSR count). The highest BCUT2D eigenvalue weighted by Gasteiger charge is 2.44. The van der Waals surface area contributed by atoms with Crippen molar-refractivity contribution >= 4 is 33.2 Å². The molecule has 2 aliphatic rings. The van der Waals surface area contributed by atoms with Gasteiger partial charge >= 0.3 is 6.18 Å². The molecule has 14 heteroatoms. The zero-order valence-corrected chi connectivity index (χ0v) is 24.3. The van der Waals surface area contributed by atoms with Crippen LogP contribution in [0.15, 0.2) is 59.5 Å². The lowest BCUT2D eigenvalue weighted by Gasteiger charge is -2.26. The van der Waals surface area contributed by atoms with Gasteiger partial charge in [0.2, 0.25) is 15.9 Å². The molecule has 224 valence electrons. The van der Waals surface area contributed by atoms with E-state index in [2.05, 4.69) is 20.9 Å². The lowest BCUT2D eigenvalue weighted by Crippen LogP contribution is -2.51. The zero-order valence-electron chi connectivity index (χ0n) is 22.6. The van der Waals surface area contributed by atoms with Gasteiger partial charge in [-0.25, -0.2) is 13.4 Å². The third kappa shape index (κ3) is 6.51. The lowest BCUT2D eigenvalue weighted by atomic mass is 10.0. The number of thiazole rings is 1. The molecule has 2 amide bonds. The minimum atomic E-state index is -4.53. The first-order valence-electron chi connectivity index (χ1n) is 13.5. The SMILES string of the molecule is Cc1nc(-c2cccc(C(F)(F)F)c2)sc1C(=O)N[C@H]1CN(S(=O)(=O)c2ccccc2)C[C@@H]1C(=O)N[C@H]1CCCNC1. The van der Waals surface area contributed by atoms with E-state index in [1.165, 1.54) is 28.6 Å². The minimum absolute atomic E-state index is 0.0802. The highest BCUT2D eigenvalue weighted by molar-refractivity contribution is 7.89. The number of alkyl halides is 3. The number of sulfonamides is 1. The summed E-state index contributed by atoms with van der Waals surface area (Å²) in [5, 5.41) is 9.28. The van der Waals surface area contributed by atoms with E-state index in [1.54, 1.807) is 25.1 Å². The Morgan fingerprint density at radius 2 is 1.83 bits per heavy atom. The van der Waals surface area contributed by atoms with Crippen LogP contribution in [-0.2, 0) is 21.0 Å². The number of amides is 2. The predicted molar refractivity (Wildman–Crippen MR) is 151 cm³/mol. The fourth-order valence-corrected chi connectivity index (χ4v) is 7.67. The summed E-state index contributed by atoms with van der Waals surface area (Å²) in [5.41, 5.74) is -0.297. The molecule has 3 N–H and O–H groups in total. The molecule has 0 saturated carbocycles. The van der Waals surface area contributed by atoms with Crippen molar-refractivity contribution in [3.05, 3.63) is 70.7 Å². The number of nitrogens with one attached hydrogen (secondary N) is 3. The van der Waals surface area contributed by atoms with E-state index in [1.807, 2.05) is 0 Å². The van der Waals surface area contributed by atoms with Gasteiger partial charge in [0.15, 0.2) is 0 Å². The standard InChI is InChI=1S/C28H30F3N5O4S2/c1-17-24(41-27(33-17)18-7-5-8-19(13-18)28(29,30)31)26(38)35-23-16-36(42(39,40)21-10-3-2-4-11-21)15-22(23)25(37)34-20-9-6-12-32-14-20/h2-5,7-8,10-11,13,20,22-23,32H,6,9,12,14-16H2,1H3,(H,34,37)(H,35,38)/t20-,22-,23-/m0/s1. The van der Waals surface area contributed by atoms with Gasteiger partial charge in [-0.05, 0) is 50.6 Å². The Balaban J connectivity index is 1.38. The summed E-state index contributed by atoms with van der Waals surface area (Å²) in [5.74, 6) is -1.79. The number of hydrogen-bond acceptors (Lipinski definition) is 7. The summed E-state index contributed by atoms with van der Waals surface area (Å²) < 4.78 is 67.7. The molecule has 2 saturated heterocycles. The maximum Gasteiger partial charge on any atom is 0.416 e. The molecule has 3 atom stereocenters. The van der Waals surface area contributed by atoms with Gasteiger partial charge in [0.25, 0.3) is 5.91 Å². The number of aryl methyl sites for hydroxylation is 1. The van der Waals surface area contributed by atoms with E-state index >= 15 is 0 Å². The highest BCUT2D eigenvalue weighted by atomic mass is 32.2. The van der Waals surface area contributed by atoms with Crippen LogP contribution < -0.4 is 16.0 Å². The molecule has 0 spiro atoms. The summed E-state index contributed by atoms with van der Waals surface area (Å²) in [7, 11) is -3.94. The minimum Gasteiger partial charge on any atom is -0.352 e. The van der Waals surface area contributed by atoms with Crippen molar-refractivity contribution in [2.24, 2.45) is 5.92 Å². The second kappa shape index (κ2) is 12.1. The number of rotatable bonds is 7. The van der Waals surface area contributed by atoms with Gasteiger partial charge in [0.05, 0.1) is 28.1 Å². The third-order valence-corrected chi connectivity index (χ3v) is 10.5. The Kier molecular flexibility index (Phi) is 8.69. The van der Waals surface area contributed by atoms with Gasteiger partial charge in [-0.1, -0.05) is 30.3 Å². The number of benzene rings is 2. The largest absolute Gasteiger partial charge is 0.416 e. The second-order valence-electron chi connectivity index (χ2n) is 10.4. The van der Waals surface area contributed by atoms with Crippen LogP contribution in [-0.4, -0.2) is 67.8 Å². The van der Waals surface area contributed by atoms with E-state index in [0.717, 1.165) is 42.9 Å². The fourth-order valence-electron chi connectivity index (χ4n) is 5.19. The van der Waals surface area contributed by atoms with Crippen LogP contribution in [0.5, 0.6) is 0 Å². The number of nitrogens with zero attached hydrogens (tertiary/aromatic N) is 2. The third-order valence-electron chi connectivity index (χ3n) is 7.40. The summed E-state index contributed by atoms with van der Waals surface area (Å²) in [4.78, 5) is 31.4. The van der Waals surface area contributed by atoms with Gasteiger partial charge in [-0.2, -0.15) is 17.5 Å². The van der Waals surface area contributed by atoms with Crippen LogP contribution in [0.3, 0.4) is 0 Å². The normalized spacial score (nSPS) is 21.7. The maximum atomic E-state index is 13.4. The van der Waals surface area contributed by atoms with Crippen LogP contribution in [0.4, 0.5) is 13.2 Å². The Morgan fingerprint density at radius 3 is 2.52 bits per heavy atom. The van der Waals surface area contributed by atoms with E-state index in [4.69, 9.17) is 0 Å². The fraction of sp³-hybridized carbons (Fsp3) is 0.393. The van der Waals surface area contributed by atoms with Crippen molar-refractivity contribution in [1.29, 1.82) is 0 Å². The Hall–Kier alpha value is -3.33. The molecule has 2 aliphatic heterocycles. The van der Waals surface area contributed by atoms with Crippen molar-refractivity contribution in [2.75, 3.05) is 26.2 Å². The van der Waals surface area contributed by atoms with Crippen LogP contribution in [0, 0.1) is 12.8 Å². The number of carbonyl (C=O) groups excluding carboxylic acids is 2. The van der Waals surface area contributed by atoms with Crippen molar-refractivity contribution < 1.29 is 31.2 Å². The summed E-state index contributed by atoms with van der Waals surface area (Å²) in [6.07, 6.45) is -2.85. The number of aromatic nitrogens is 1. The molecule has 0 radical (unpaired) electrons. The smallest absolute Gasteiger partial charge is 0.352 e. The molecule has 0 unspecified atom stereocenters. The van der Waals surface area contributed by atoms with Gasteiger partial charge in [0.1, 0.15) is 9.88 Å². The Labute approximate surface area is 245 Å². The molecule has 2 fully saturated rings. The predicted octanol–water partition coefficient (Wildman–Crippen LogP) is 3.42. The first-order chi connectivity index (χ1) is 19.9. The monoisotopic (exact) mass is 621 g/mol. The quantitative estimate of drug-likeness (QED) is 0.372. The average Bonchev–Trinajstić information content (AvgIpc) is 3.58. The molecule has 3 aromatic rings. The molecule has 0 bridgehead atoms. The number of halogens is 3. The number of hydrogen-bond donors (Lipinski definition) is 3. The molecule has 42 heavy (non-hydrogen) atoms. The van der Waals surface area contributed by atoms with Crippen LogP contribution in [0.2, 0.25) is 0 Å². The van der Waals surface area contributed by atoms with Crippen molar-refractivity contribution in [3.63, 3.8) is 0 Å². The molecule has 1 aromatic heterocycles. The number of carbonyl (C=O) groups is 2. The first kappa shape index (κ1) is 30.1. The maximum absolute atomic E-state index is 13.4. The Bertz CT molecular complexity index is 1560. The van der Waals surface area contributed by atoms with Crippen LogP contribution >= 0.6 is 11.3 Å². The van der Waals surface area contributed by atoms with Gasteiger partial charge < -0.3 is 16.0 Å². The topological polar surface area (TPSA) is 120 Å². The first-order valence-corrected chi connectivity index (χ1v) is 15.7. The molecular weight excluding hydrogens is 591 g/mol. The van der Waals surface area contributed by atoms with Crippen molar-refractivity contribution in [3.8, 4) is 10.6 Å². The van der Waals surface area contributed by atoms with E-state index in [-0.39, 0.29) is 45.4 Å². The van der Waals surface area contributed by atoms with Crippen molar-refractivity contribution in [2.45, 2.75) is 42.9 Å². The van der Waals surface area contributed by atoms with E-state index < -0.39 is 39.6 Å². The highest BCUT2D eigenvalue weighted by Crippen LogP contribution is 2.34. The number of piperidine rings is 1. The molecule has 0 aliphatic carbocycles. The molecule has 3 heterocycles.